The summed E-state index contributed by atoms with van der Waals surface area (Å²) in [5.74, 6) is 1.53. The van der Waals surface area contributed by atoms with Gasteiger partial charge in [0.25, 0.3) is 0 Å². The maximum atomic E-state index is 5.34. The third-order valence-corrected chi connectivity index (χ3v) is 3.34. The molecule has 1 N–H and O–H groups in total. The summed E-state index contributed by atoms with van der Waals surface area (Å²) in [6.45, 7) is 6.03. The molecular formula is C17H24N2O2. The fraction of sp³-hybridized carbons (Fsp3) is 0.412. The fourth-order valence-corrected chi connectivity index (χ4v) is 2.21. The average molecular weight is 288 g/mol. The van der Waals surface area contributed by atoms with Crippen molar-refractivity contribution in [1.29, 1.82) is 0 Å². The third-order valence-electron chi connectivity index (χ3n) is 3.34. The maximum Gasteiger partial charge on any atom is 0.161 e. The Kier molecular flexibility index (Phi) is 5.28. The van der Waals surface area contributed by atoms with Crippen molar-refractivity contribution in [2.75, 3.05) is 14.2 Å². The van der Waals surface area contributed by atoms with Gasteiger partial charge in [-0.3, -0.25) is 0 Å². The van der Waals surface area contributed by atoms with Crippen molar-refractivity contribution < 1.29 is 9.47 Å². The van der Waals surface area contributed by atoms with Gasteiger partial charge in [-0.25, -0.2) is 0 Å². The quantitative estimate of drug-likeness (QED) is 0.850. The molecule has 4 heteroatoms. The van der Waals surface area contributed by atoms with Crippen molar-refractivity contribution in [3.63, 3.8) is 0 Å². The van der Waals surface area contributed by atoms with E-state index in [0.717, 1.165) is 24.6 Å². The van der Waals surface area contributed by atoms with Crippen LogP contribution in [0.4, 0.5) is 0 Å². The van der Waals surface area contributed by atoms with E-state index in [4.69, 9.17) is 9.47 Å². The zero-order valence-electron chi connectivity index (χ0n) is 13.2. The van der Waals surface area contributed by atoms with E-state index in [0.29, 0.717) is 6.04 Å². The number of hydrogen-bond acceptors (Lipinski definition) is 3. The predicted molar refractivity (Wildman–Crippen MR) is 85.1 cm³/mol. The van der Waals surface area contributed by atoms with Crippen molar-refractivity contribution in [2.24, 2.45) is 0 Å². The number of rotatable bonds is 7. The van der Waals surface area contributed by atoms with Gasteiger partial charge in [0.1, 0.15) is 0 Å². The summed E-state index contributed by atoms with van der Waals surface area (Å²) in [7, 11) is 3.31. The van der Waals surface area contributed by atoms with Crippen LogP contribution in [-0.4, -0.2) is 24.8 Å². The topological polar surface area (TPSA) is 35.4 Å². The van der Waals surface area contributed by atoms with E-state index in [2.05, 4.69) is 48.3 Å². The molecule has 0 aliphatic heterocycles. The first-order valence-electron chi connectivity index (χ1n) is 7.21. The van der Waals surface area contributed by atoms with Crippen LogP contribution in [0, 0.1) is 0 Å². The van der Waals surface area contributed by atoms with Crippen LogP contribution in [0.15, 0.2) is 36.7 Å². The third kappa shape index (κ3) is 4.26. The van der Waals surface area contributed by atoms with Crippen LogP contribution in [0.2, 0.25) is 0 Å². The Morgan fingerprint density at radius 3 is 2.48 bits per heavy atom. The van der Waals surface area contributed by atoms with Gasteiger partial charge in [0.05, 0.1) is 14.2 Å². The molecule has 0 aliphatic rings. The highest BCUT2D eigenvalue weighted by atomic mass is 16.5. The largest absolute Gasteiger partial charge is 0.493 e. The number of hydrogen-bond donors (Lipinski definition) is 1. The van der Waals surface area contributed by atoms with E-state index in [1.807, 2.05) is 12.1 Å². The number of nitrogens with zero attached hydrogens (tertiary/aromatic N) is 1. The Labute approximate surface area is 126 Å². The van der Waals surface area contributed by atoms with Crippen LogP contribution in [0.1, 0.15) is 25.0 Å². The van der Waals surface area contributed by atoms with Crippen molar-refractivity contribution in [2.45, 2.75) is 33.0 Å². The molecule has 0 saturated heterocycles. The van der Waals surface area contributed by atoms with E-state index >= 15 is 0 Å². The minimum absolute atomic E-state index is 0.499. The van der Waals surface area contributed by atoms with Gasteiger partial charge in [-0.1, -0.05) is 19.9 Å². The van der Waals surface area contributed by atoms with Crippen molar-refractivity contribution in [3.8, 4) is 11.5 Å². The summed E-state index contributed by atoms with van der Waals surface area (Å²) in [5, 5.41) is 3.42. The molecule has 0 radical (unpaired) electrons. The molecule has 2 rings (SSSR count). The second-order valence-corrected chi connectivity index (χ2v) is 5.42. The fourth-order valence-electron chi connectivity index (χ4n) is 2.21. The van der Waals surface area contributed by atoms with Crippen LogP contribution < -0.4 is 14.8 Å². The number of aromatic nitrogens is 1. The second kappa shape index (κ2) is 7.18. The molecule has 0 bridgehead atoms. The molecule has 1 heterocycles. The van der Waals surface area contributed by atoms with Gasteiger partial charge in [0.15, 0.2) is 11.5 Å². The normalized spacial score (nSPS) is 10.9. The molecule has 0 aliphatic carbocycles. The van der Waals surface area contributed by atoms with Crippen molar-refractivity contribution >= 4 is 0 Å². The van der Waals surface area contributed by atoms with E-state index in [1.54, 1.807) is 14.2 Å². The molecule has 21 heavy (non-hydrogen) atoms. The molecule has 0 fully saturated rings. The second-order valence-electron chi connectivity index (χ2n) is 5.42. The zero-order valence-corrected chi connectivity index (χ0v) is 13.2. The van der Waals surface area contributed by atoms with E-state index in [9.17, 15) is 0 Å². The van der Waals surface area contributed by atoms with Crippen LogP contribution >= 0.6 is 0 Å². The molecule has 1 aromatic heterocycles. The Morgan fingerprint density at radius 1 is 1.05 bits per heavy atom. The van der Waals surface area contributed by atoms with Crippen LogP contribution in [0.5, 0.6) is 11.5 Å². The highest BCUT2D eigenvalue weighted by molar-refractivity contribution is 5.43. The molecule has 2 aromatic rings. The lowest BCUT2D eigenvalue weighted by Gasteiger charge is -2.10. The summed E-state index contributed by atoms with van der Waals surface area (Å²) in [5.41, 5.74) is 2.48. The van der Waals surface area contributed by atoms with E-state index in [-0.39, 0.29) is 0 Å². The Hall–Kier alpha value is -1.94. The molecule has 1 aromatic carbocycles. The maximum absolute atomic E-state index is 5.34. The molecule has 0 spiro atoms. The highest BCUT2D eigenvalue weighted by Gasteiger charge is 2.05. The minimum atomic E-state index is 0.499. The molecule has 0 atom stereocenters. The van der Waals surface area contributed by atoms with Gasteiger partial charge < -0.3 is 19.4 Å². The van der Waals surface area contributed by atoms with Gasteiger partial charge in [0, 0.05) is 31.5 Å². The van der Waals surface area contributed by atoms with Gasteiger partial charge in [-0.2, -0.15) is 0 Å². The number of ether oxygens (including phenoxy) is 2. The van der Waals surface area contributed by atoms with Crippen molar-refractivity contribution in [3.05, 3.63) is 47.8 Å². The Bertz CT molecular complexity index is 576. The summed E-state index contributed by atoms with van der Waals surface area (Å²) < 4.78 is 12.8. The first kappa shape index (κ1) is 15.4. The summed E-state index contributed by atoms with van der Waals surface area (Å²) in [4.78, 5) is 0. The average Bonchev–Trinajstić information content (AvgIpc) is 2.92. The van der Waals surface area contributed by atoms with Gasteiger partial charge >= 0.3 is 0 Å². The van der Waals surface area contributed by atoms with Gasteiger partial charge in [-0.05, 0) is 29.3 Å². The Morgan fingerprint density at radius 2 is 1.81 bits per heavy atom. The van der Waals surface area contributed by atoms with E-state index in [1.165, 1.54) is 11.1 Å². The lowest BCUT2D eigenvalue weighted by molar-refractivity contribution is 0.354. The Balaban J connectivity index is 2.04. The smallest absolute Gasteiger partial charge is 0.161 e. The molecule has 4 nitrogen and oxygen atoms in total. The number of nitrogens with one attached hydrogen (secondary N) is 1. The monoisotopic (exact) mass is 288 g/mol. The first-order chi connectivity index (χ1) is 10.1. The number of methoxy groups -OCH3 is 2. The van der Waals surface area contributed by atoms with Gasteiger partial charge in [0.2, 0.25) is 0 Å². The standard InChI is InChI=1S/C17H24N2O2/c1-13(2)18-10-15-7-8-19(12-15)11-14-5-6-16(20-3)17(9-14)21-4/h5-9,12-13,18H,10-11H2,1-4H3. The molecule has 114 valence electrons. The predicted octanol–water partition coefficient (Wildman–Crippen LogP) is 3.05. The summed E-state index contributed by atoms with van der Waals surface area (Å²) >= 11 is 0. The summed E-state index contributed by atoms with van der Waals surface area (Å²) in [6, 6.07) is 8.67. The van der Waals surface area contributed by atoms with E-state index < -0.39 is 0 Å². The minimum Gasteiger partial charge on any atom is -0.493 e. The highest BCUT2D eigenvalue weighted by Crippen LogP contribution is 2.27. The molecular weight excluding hydrogens is 264 g/mol. The summed E-state index contributed by atoms with van der Waals surface area (Å²) in [6.07, 6.45) is 4.28. The SMILES string of the molecule is COc1ccc(Cn2ccc(CNC(C)C)c2)cc1OC. The molecule has 0 saturated carbocycles. The van der Waals surface area contributed by atoms with Gasteiger partial charge in [-0.15, -0.1) is 0 Å². The van der Waals surface area contributed by atoms with Crippen LogP contribution in [0.25, 0.3) is 0 Å². The zero-order chi connectivity index (χ0) is 15.2. The lowest BCUT2D eigenvalue weighted by atomic mass is 10.2. The van der Waals surface area contributed by atoms with Crippen molar-refractivity contribution in [1.82, 2.24) is 9.88 Å². The number of benzene rings is 1. The molecule has 0 amide bonds. The molecule has 0 unspecified atom stereocenters. The van der Waals surface area contributed by atoms with Crippen LogP contribution in [-0.2, 0) is 13.1 Å². The lowest BCUT2D eigenvalue weighted by Crippen LogP contribution is -2.21. The first-order valence-corrected chi connectivity index (χ1v) is 7.21. The van der Waals surface area contributed by atoms with Crippen LogP contribution in [0.3, 0.4) is 0 Å².